The number of nitrogens with one attached hydrogen (secondary N) is 2. The molecule has 0 spiro atoms. The predicted molar refractivity (Wildman–Crippen MR) is 92.0 cm³/mol. The highest BCUT2D eigenvalue weighted by atomic mass is 32.2. The average Bonchev–Trinajstić information content (AvgIpc) is 2.61. The van der Waals surface area contributed by atoms with E-state index < -0.39 is 5.25 Å². The highest BCUT2D eigenvalue weighted by Crippen LogP contribution is 2.36. The van der Waals surface area contributed by atoms with Gasteiger partial charge in [0.15, 0.2) is 0 Å². The molecule has 2 aromatic rings. The van der Waals surface area contributed by atoms with Crippen molar-refractivity contribution in [1.82, 2.24) is 10.3 Å². The molecular weight excluding hydrogens is 326 g/mol. The summed E-state index contributed by atoms with van der Waals surface area (Å²) in [6, 6.07) is 11.1. The SMILES string of the molecule is COc1cc(CNC(=O)C[C@H]2Sc3ccccc3NC2=O)ccn1. The second-order valence-electron chi connectivity index (χ2n) is 5.28. The van der Waals surface area contributed by atoms with E-state index in [1.165, 1.54) is 11.8 Å². The molecule has 2 heterocycles. The van der Waals surface area contributed by atoms with Crippen molar-refractivity contribution in [2.75, 3.05) is 12.4 Å². The molecule has 6 nitrogen and oxygen atoms in total. The Labute approximate surface area is 144 Å². The Morgan fingerprint density at radius 2 is 2.21 bits per heavy atom. The summed E-state index contributed by atoms with van der Waals surface area (Å²) in [5, 5.41) is 5.24. The van der Waals surface area contributed by atoms with Crippen LogP contribution < -0.4 is 15.4 Å². The molecule has 0 unspecified atom stereocenters. The number of fused-ring (bicyclic) bond motifs is 1. The van der Waals surface area contributed by atoms with Gasteiger partial charge in [-0.3, -0.25) is 9.59 Å². The molecule has 0 radical (unpaired) electrons. The smallest absolute Gasteiger partial charge is 0.238 e. The minimum atomic E-state index is -0.424. The van der Waals surface area contributed by atoms with Gasteiger partial charge in [-0.15, -0.1) is 11.8 Å². The molecule has 1 aliphatic rings. The number of amides is 2. The summed E-state index contributed by atoms with van der Waals surface area (Å²) >= 11 is 1.42. The number of methoxy groups -OCH3 is 1. The van der Waals surface area contributed by atoms with Gasteiger partial charge in [-0.1, -0.05) is 12.1 Å². The first-order valence-corrected chi connectivity index (χ1v) is 8.36. The van der Waals surface area contributed by atoms with Crippen molar-refractivity contribution in [3.05, 3.63) is 48.2 Å². The van der Waals surface area contributed by atoms with Crippen molar-refractivity contribution < 1.29 is 14.3 Å². The fourth-order valence-corrected chi connectivity index (χ4v) is 3.45. The minimum absolute atomic E-state index is 0.132. The van der Waals surface area contributed by atoms with Crippen molar-refractivity contribution in [2.24, 2.45) is 0 Å². The van der Waals surface area contributed by atoms with Crippen LogP contribution in [0.5, 0.6) is 5.88 Å². The monoisotopic (exact) mass is 343 g/mol. The molecule has 2 amide bonds. The summed E-state index contributed by atoms with van der Waals surface area (Å²) in [5.74, 6) is 0.192. The number of ether oxygens (including phenoxy) is 1. The number of rotatable bonds is 5. The van der Waals surface area contributed by atoms with Crippen LogP contribution >= 0.6 is 11.8 Å². The molecule has 124 valence electrons. The molecule has 0 bridgehead atoms. The van der Waals surface area contributed by atoms with Gasteiger partial charge in [-0.05, 0) is 23.8 Å². The lowest BCUT2D eigenvalue weighted by molar-refractivity contribution is -0.124. The Bertz CT molecular complexity index is 766. The van der Waals surface area contributed by atoms with Crippen LogP contribution in [0.25, 0.3) is 0 Å². The quantitative estimate of drug-likeness (QED) is 0.870. The number of carbonyl (C=O) groups excluding carboxylic acids is 2. The number of hydrogen-bond donors (Lipinski definition) is 2. The topological polar surface area (TPSA) is 80.3 Å². The summed E-state index contributed by atoms with van der Waals surface area (Å²) in [7, 11) is 1.54. The summed E-state index contributed by atoms with van der Waals surface area (Å²) in [6.07, 6.45) is 1.76. The Balaban J connectivity index is 1.56. The number of hydrogen-bond acceptors (Lipinski definition) is 5. The molecule has 0 saturated carbocycles. The fraction of sp³-hybridized carbons (Fsp3) is 0.235. The Hall–Kier alpha value is -2.54. The highest BCUT2D eigenvalue weighted by Gasteiger charge is 2.28. The third kappa shape index (κ3) is 3.86. The number of para-hydroxylation sites is 1. The van der Waals surface area contributed by atoms with Gasteiger partial charge in [-0.25, -0.2) is 4.98 Å². The Morgan fingerprint density at radius 1 is 1.38 bits per heavy atom. The number of nitrogens with zero attached hydrogens (tertiary/aromatic N) is 1. The first-order chi connectivity index (χ1) is 11.7. The number of carbonyl (C=O) groups is 2. The molecule has 0 fully saturated rings. The molecular formula is C17H17N3O3S. The highest BCUT2D eigenvalue weighted by molar-refractivity contribution is 8.01. The van der Waals surface area contributed by atoms with E-state index in [9.17, 15) is 9.59 Å². The van der Waals surface area contributed by atoms with Crippen LogP contribution in [0.3, 0.4) is 0 Å². The molecule has 0 aliphatic carbocycles. The van der Waals surface area contributed by atoms with Crippen LogP contribution in [0.15, 0.2) is 47.5 Å². The maximum atomic E-state index is 12.1. The zero-order chi connectivity index (χ0) is 16.9. The maximum Gasteiger partial charge on any atom is 0.238 e. The number of pyridine rings is 1. The lowest BCUT2D eigenvalue weighted by atomic mass is 10.2. The van der Waals surface area contributed by atoms with Crippen molar-refractivity contribution in [3.63, 3.8) is 0 Å². The summed E-state index contributed by atoms with van der Waals surface area (Å²) in [5.41, 5.74) is 1.69. The first kappa shape index (κ1) is 16.3. The molecule has 2 N–H and O–H groups in total. The molecule has 0 saturated heterocycles. The van der Waals surface area contributed by atoms with Gasteiger partial charge in [0.2, 0.25) is 17.7 Å². The summed E-state index contributed by atoms with van der Waals surface area (Å²) in [6.45, 7) is 0.368. The van der Waals surface area contributed by atoms with Crippen molar-refractivity contribution in [3.8, 4) is 5.88 Å². The van der Waals surface area contributed by atoms with E-state index in [-0.39, 0.29) is 18.2 Å². The number of aromatic nitrogens is 1. The Kier molecular flexibility index (Phi) is 5.00. The van der Waals surface area contributed by atoms with Crippen LogP contribution in [0, 0.1) is 0 Å². The number of thioether (sulfide) groups is 1. The van der Waals surface area contributed by atoms with E-state index >= 15 is 0 Å². The van der Waals surface area contributed by atoms with Gasteiger partial charge in [0.1, 0.15) is 0 Å². The lowest BCUT2D eigenvalue weighted by Gasteiger charge is -2.23. The molecule has 1 aliphatic heterocycles. The normalized spacial score (nSPS) is 16.0. The molecule has 24 heavy (non-hydrogen) atoms. The first-order valence-electron chi connectivity index (χ1n) is 7.48. The van der Waals surface area contributed by atoms with Gasteiger partial charge in [0.05, 0.1) is 18.0 Å². The fourth-order valence-electron chi connectivity index (χ4n) is 2.34. The molecule has 3 rings (SSSR count). The van der Waals surface area contributed by atoms with Gasteiger partial charge in [0, 0.05) is 30.1 Å². The summed E-state index contributed by atoms with van der Waals surface area (Å²) < 4.78 is 5.05. The minimum Gasteiger partial charge on any atom is -0.481 e. The predicted octanol–water partition coefficient (Wildman–Crippen LogP) is 2.21. The lowest BCUT2D eigenvalue weighted by Crippen LogP contribution is -2.34. The maximum absolute atomic E-state index is 12.1. The number of anilines is 1. The number of benzene rings is 1. The third-order valence-electron chi connectivity index (χ3n) is 3.58. The van der Waals surface area contributed by atoms with Crippen molar-refractivity contribution in [2.45, 2.75) is 23.1 Å². The van der Waals surface area contributed by atoms with E-state index in [2.05, 4.69) is 15.6 Å². The van der Waals surface area contributed by atoms with Crippen LogP contribution in [-0.2, 0) is 16.1 Å². The zero-order valence-electron chi connectivity index (χ0n) is 13.1. The second kappa shape index (κ2) is 7.35. The zero-order valence-corrected chi connectivity index (χ0v) is 13.9. The Morgan fingerprint density at radius 3 is 3.04 bits per heavy atom. The van der Waals surface area contributed by atoms with E-state index in [1.807, 2.05) is 24.3 Å². The standard InChI is InChI=1S/C17H17N3O3S/c1-23-16-8-11(6-7-18-16)10-19-15(21)9-14-17(22)20-12-4-2-3-5-13(12)24-14/h2-8,14H,9-10H2,1H3,(H,19,21)(H,20,22)/t14-/m1/s1. The molecule has 1 aromatic heterocycles. The van der Waals surface area contributed by atoms with Crippen LogP contribution in [0.4, 0.5) is 5.69 Å². The molecule has 1 aromatic carbocycles. The van der Waals surface area contributed by atoms with Crippen LogP contribution in [0.2, 0.25) is 0 Å². The van der Waals surface area contributed by atoms with Gasteiger partial charge < -0.3 is 15.4 Å². The van der Waals surface area contributed by atoms with E-state index in [1.54, 1.807) is 25.4 Å². The van der Waals surface area contributed by atoms with Crippen molar-refractivity contribution in [1.29, 1.82) is 0 Å². The summed E-state index contributed by atoms with van der Waals surface area (Å²) in [4.78, 5) is 29.3. The second-order valence-corrected chi connectivity index (χ2v) is 6.52. The van der Waals surface area contributed by atoms with E-state index in [0.29, 0.717) is 12.4 Å². The van der Waals surface area contributed by atoms with E-state index in [0.717, 1.165) is 16.1 Å². The third-order valence-corrected chi connectivity index (χ3v) is 4.85. The average molecular weight is 343 g/mol. The largest absolute Gasteiger partial charge is 0.481 e. The van der Waals surface area contributed by atoms with E-state index in [4.69, 9.17) is 4.74 Å². The van der Waals surface area contributed by atoms with Gasteiger partial charge >= 0.3 is 0 Å². The molecule has 7 heteroatoms. The van der Waals surface area contributed by atoms with Crippen molar-refractivity contribution >= 4 is 29.3 Å². The molecule has 1 atom stereocenters. The van der Waals surface area contributed by atoms with Gasteiger partial charge in [-0.2, -0.15) is 0 Å². The van der Waals surface area contributed by atoms with Crippen LogP contribution in [0.1, 0.15) is 12.0 Å². The van der Waals surface area contributed by atoms with Gasteiger partial charge in [0.25, 0.3) is 0 Å². The van der Waals surface area contributed by atoms with Crippen LogP contribution in [-0.4, -0.2) is 29.2 Å².